The average Bonchev–Trinajstić information content (AvgIpc) is 2.34. The number of nitrogens with one attached hydrogen (secondary N) is 1. The Kier molecular flexibility index (Phi) is 4.58. The lowest BCUT2D eigenvalue weighted by Crippen LogP contribution is -2.25. The van der Waals surface area contributed by atoms with E-state index in [1.54, 1.807) is 17.7 Å². The number of hydrogen-bond acceptors (Lipinski definition) is 4. The molecule has 0 aliphatic carbocycles. The molecule has 0 unspecified atom stereocenters. The van der Waals surface area contributed by atoms with Crippen LogP contribution in [-0.4, -0.2) is 18.2 Å². The van der Waals surface area contributed by atoms with E-state index < -0.39 is 0 Å². The first kappa shape index (κ1) is 13.1. The van der Waals surface area contributed by atoms with Crippen molar-refractivity contribution in [2.45, 2.75) is 19.8 Å². The summed E-state index contributed by atoms with van der Waals surface area (Å²) in [6.07, 6.45) is 2.09. The number of aromatic nitrogens is 1. The van der Waals surface area contributed by atoms with Gasteiger partial charge in [-0.2, -0.15) is 5.26 Å². The third-order valence-corrected chi connectivity index (χ3v) is 2.64. The Labute approximate surface area is 102 Å². The van der Waals surface area contributed by atoms with Gasteiger partial charge in [0.15, 0.2) is 0 Å². The summed E-state index contributed by atoms with van der Waals surface area (Å²) in [7, 11) is 3.59. The Bertz CT molecular complexity index is 493. The fourth-order valence-corrected chi connectivity index (χ4v) is 1.56. The van der Waals surface area contributed by atoms with Crippen molar-refractivity contribution >= 4 is 11.5 Å². The third kappa shape index (κ3) is 2.78. The number of nitrogen functional groups attached to an aromatic ring is 1. The predicted molar refractivity (Wildman–Crippen MR) is 69.4 cm³/mol. The molecule has 0 aliphatic rings. The highest BCUT2D eigenvalue weighted by atomic mass is 15.1. The molecule has 0 saturated heterocycles. The van der Waals surface area contributed by atoms with Crippen molar-refractivity contribution < 1.29 is 0 Å². The second-order valence-electron chi connectivity index (χ2n) is 3.84. The normalized spacial score (nSPS) is 11.3. The minimum absolute atomic E-state index is 0.542. The lowest BCUT2D eigenvalue weighted by atomic mass is 10.2. The van der Waals surface area contributed by atoms with Crippen molar-refractivity contribution in [1.29, 1.82) is 5.26 Å². The van der Waals surface area contributed by atoms with Crippen molar-refractivity contribution in [2.24, 2.45) is 12.0 Å². The molecule has 0 fully saturated rings. The maximum absolute atomic E-state index is 9.20. The molecule has 0 saturated carbocycles. The van der Waals surface area contributed by atoms with E-state index in [2.05, 4.69) is 23.3 Å². The molecule has 0 amide bonds. The molecular formula is C12H19N5. The first-order chi connectivity index (χ1) is 8.15. The van der Waals surface area contributed by atoms with Crippen molar-refractivity contribution in [3.05, 3.63) is 17.1 Å². The van der Waals surface area contributed by atoms with Gasteiger partial charge >= 0.3 is 0 Å². The second kappa shape index (κ2) is 5.94. The van der Waals surface area contributed by atoms with Crippen LogP contribution >= 0.6 is 0 Å². The molecule has 0 radical (unpaired) electrons. The molecule has 1 aromatic heterocycles. The van der Waals surface area contributed by atoms with E-state index in [4.69, 9.17) is 5.73 Å². The zero-order valence-corrected chi connectivity index (χ0v) is 10.6. The number of pyridine rings is 1. The van der Waals surface area contributed by atoms with Gasteiger partial charge in [0.05, 0.1) is 5.69 Å². The van der Waals surface area contributed by atoms with Crippen LogP contribution in [-0.2, 0) is 7.05 Å². The molecule has 92 valence electrons. The Balaban J connectivity index is 3.39. The van der Waals surface area contributed by atoms with Crippen LogP contribution in [0.15, 0.2) is 11.1 Å². The highest BCUT2D eigenvalue weighted by Gasteiger charge is 2.08. The van der Waals surface area contributed by atoms with Gasteiger partial charge in [-0.3, -0.25) is 4.99 Å². The summed E-state index contributed by atoms with van der Waals surface area (Å²) in [6.45, 7) is 2.82. The molecule has 0 spiro atoms. The lowest BCUT2D eigenvalue weighted by molar-refractivity contribution is 0.753. The summed E-state index contributed by atoms with van der Waals surface area (Å²) in [5.41, 5.74) is 7.78. The van der Waals surface area contributed by atoms with Crippen molar-refractivity contribution in [2.75, 3.05) is 24.6 Å². The second-order valence-corrected chi connectivity index (χ2v) is 3.84. The maximum Gasteiger partial charge on any atom is 0.149 e. The summed E-state index contributed by atoms with van der Waals surface area (Å²) >= 11 is 0. The van der Waals surface area contributed by atoms with Crippen molar-refractivity contribution in [1.82, 2.24) is 4.57 Å². The predicted octanol–water partition coefficient (Wildman–Crippen LogP) is 1.22. The van der Waals surface area contributed by atoms with Crippen LogP contribution in [0.5, 0.6) is 0 Å². The fraction of sp³-hybridized carbons (Fsp3) is 0.500. The molecule has 17 heavy (non-hydrogen) atoms. The largest absolute Gasteiger partial charge is 0.387 e. The zero-order valence-electron chi connectivity index (χ0n) is 10.6. The molecule has 5 nitrogen and oxygen atoms in total. The van der Waals surface area contributed by atoms with Gasteiger partial charge in [0.25, 0.3) is 0 Å². The molecule has 5 heteroatoms. The highest BCUT2D eigenvalue weighted by molar-refractivity contribution is 5.60. The van der Waals surface area contributed by atoms with Gasteiger partial charge in [0, 0.05) is 26.7 Å². The zero-order chi connectivity index (χ0) is 12.8. The first-order valence-electron chi connectivity index (χ1n) is 5.73. The summed E-state index contributed by atoms with van der Waals surface area (Å²) in [6, 6.07) is 3.92. The molecule has 0 atom stereocenters. The van der Waals surface area contributed by atoms with Gasteiger partial charge in [-0.1, -0.05) is 13.3 Å². The van der Waals surface area contributed by atoms with Gasteiger partial charge in [-0.05, 0) is 6.42 Å². The third-order valence-electron chi connectivity index (χ3n) is 2.64. The topological polar surface area (TPSA) is 79.1 Å². The molecule has 1 heterocycles. The van der Waals surface area contributed by atoms with E-state index in [-0.39, 0.29) is 0 Å². The Morgan fingerprint density at radius 3 is 2.82 bits per heavy atom. The molecule has 0 aromatic carbocycles. The van der Waals surface area contributed by atoms with Crippen LogP contribution < -0.4 is 16.5 Å². The highest BCUT2D eigenvalue weighted by Crippen LogP contribution is 2.13. The molecule has 0 bridgehead atoms. The molecular weight excluding hydrogens is 214 g/mol. The van der Waals surface area contributed by atoms with Crippen LogP contribution in [0.4, 0.5) is 11.5 Å². The van der Waals surface area contributed by atoms with E-state index in [1.165, 1.54) is 0 Å². The van der Waals surface area contributed by atoms with Crippen molar-refractivity contribution in [3.63, 3.8) is 0 Å². The smallest absolute Gasteiger partial charge is 0.149 e. The van der Waals surface area contributed by atoms with Gasteiger partial charge < -0.3 is 15.6 Å². The van der Waals surface area contributed by atoms with Gasteiger partial charge in [0.2, 0.25) is 0 Å². The van der Waals surface area contributed by atoms with Crippen LogP contribution in [0.25, 0.3) is 0 Å². The Morgan fingerprint density at radius 1 is 1.59 bits per heavy atom. The lowest BCUT2D eigenvalue weighted by Gasteiger charge is -2.11. The van der Waals surface area contributed by atoms with E-state index >= 15 is 0 Å². The van der Waals surface area contributed by atoms with E-state index in [0.717, 1.165) is 18.5 Å². The minimum atomic E-state index is 0.542. The number of unbranched alkanes of at least 4 members (excludes halogenated alkanes) is 1. The molecule has 0 aliphatic heterocycles. The first-order valence-corrected chi connectivity index (χ1v) is 5.73. The number of nitriles is 1. The number of nitrogens with two attached hydrogens (primary N) is 1. The fourth-order valence-electron chi connectivity index (χ4n) is 1.56. The molecule has 1 aromatic rings. The maximum atomic E-state index is 9.20. The number of rotatable bonds is 4. The van der Waals surface area contributed by atoms with Gasteiger partial charge in [0.1, 0.15) is 22.9 Å². The molecule has 1 rings (SSSR count). The van der Waals surface area contributed by atoms with E-state index in [0.29, 0.717) is 23.4 Å². The van der Waals surface area contributed by atoms with E-state index in [9.17, 15) is 5.26 Å². The van der Waals surface area contributed by atoms with Crippen molar-refractivity contribution in [3.8, 4) is 6.07 Å². The summed E-state index contributed by atoms with van der Waals surface area (Å²) in [5.74, 6) is 0.587. The Hall–Kier alpha value is -1.96. The number of hydrogen-bond donors (Lipinski definition) is 2. The number of anilines is 2. The average molecular weight is 233 g/mol. The summed E-state index contributed by atoms with van der Waals surface area (Å²) < 4.78 is 1.75. The van der Waals surface area contributed by atoms with E-state index in [1.807, 2.05) is 7.05 Å². The van der Waals surface area contributed by atoms with Gasteiger partial charge in [-0.25, -0.2) is 0 Å². The Morgan fingerprint density at radius 2 is 2.29 bits per heavy atom. The summed E-state index contributed by atoms with van der Waals surface area (Å²) in [4.78, 5) is 4.46. The standard InChI is InChI=1S/C12H19N5/c1-4-5-6-16-12-9(8-13)10(15-2)7-11(14)17(12)3/h7,15H,4-6,14H2,1-3H3/b16-12+. The SMILES string of the molecule is CCCC/N=c1\c(C#N)c(NC)cc(N)n1C. The monoisotopic (exact) mass is 233 g/mol. The van der Waals surface area contributed by atoms with Crippen LogP contribution in [0.1, 0.15) is 25.3 Å². The molecule has 3 N–H and O–H groups in total. The minimum Gasteiger partial charge on any atom is -0.387 e. The summed E-state index contributed by atoms with van der Waals surface area (Å²) in [5, 5.41) is 12.2. The van der Waals surface area contributed by atoms with Crippen LogP contribution in [0.2, 0.25) is 0 Å². The van der Waals surface area contributed by atoms with Gasteiger partial charge in [-0.15, -0.1) is 0 Å². The quantitative estimate of drug-likeness (QED) is 0.767. The van der Waals surface area contributed by atoms with Crippen LogP contribution in [0.3, 0.4) is 0 Å². The van der Waals surface area contributed by atoms with Crippen LogP contribution in [0, 0.1) is 11.3 Å². The number of nitrogens with zero attached hydrogens (tertiary/aromatic N) is 3.